The maximum Gasteiger partial charge on any atom is 0.264 e. The van der Waals surface area contributed by atoms with Gasteiger partial charge in [0.05, 0.1) is 17.9 Å². The largest absolute Gasteiger partial charge is 0.343 e. The van der Waals surface area contributed by atoms with Gasteiger partial charge in [-0.1, -0.05) is 19.8 Å². The summed E-state index contributed by atoms with van der Waals surface area (Å²) in [6.45, 7) is 5.29. The standard InChI is InChI=1S/C13H18ClN3O3S/c1-5-8-15-13(18)9(4)17-11(7-3)12(21(14,19)20)10(6-2)16-17/h1,9H,6-8H2,2-4H3,(H,15,18). The van der Waals surface area contributed by atoms with Gasteiger partial charge in [-0.05, 0) is 19.8 Å². The third-order valence-corrected chi connectivity index (χ3v) is 4.48. The number of nitrogens with one attached hydrogen (secondary N) is 1. The number of nitrogens with zero attached hydrogens (tertiary/aromatic N) is 2. The fourth-order valence-electron chi connectivity index (χ4n) is 2.06. The van der Waals surface area contributed by atoms with Crippen LogP contribution in [-0.2, 0) is 26.7 Å². The van der Waals surface area contributed by atoms with E-state index in [0.29, 0.717) is 24.2 Å². The van der Waals surface area contributed by atoms with Gasteiger partial charge in [0.25, 0.3) is 9.05 Å². The van der Waals surface area contributed by atoms with Crippen LogP contribution < -0.4 is 5.32 Å². The Morgan fingerprint density at radius 3 is 2.52 bits per heavy atom. The molecule has 0 bridgehead atoms. The summed E-state index contributed by atoms with van der Waals surface area (Å²) in [5.41, 5.74) is 0.781. The summed E-state index contributed by atoms with van der Waals surface area (Å²) in [6, 6.07) is -0.675. The minimum Gasteiger partial charge on any atom is -0.343 e. The van der Waals surface area contributed by atoms with E-state index in [4.69, 9.17) is 17.1 Å². The Morgan fingerprint density at radius 1 is 1.48 bits per heavy atom. The van der Waals surface area contributed by atoms with Crippen molar-refractivity contribution in [3.63, 3.8) is 0 Å². The van der Waals surface area contributed by atoms with Crippen molar-refractivity contribution in [3.05, 3.63) is 11.4 Å². The molecule has 0 spiro atoms. The van der Waals surface area contributed by atoms with Crippen molar-refractivity contribution < 1.29 is 13.2 Å². The van der Waals surface area contributed by atoms with Crippen molar-refractivity contribution >= 4 is 25.6 Å². The molecule has 1 N–H and O–H groups in total. The van der Waals surface area contributed by atoms with Gasteiger partial charge in [-0.25, -0.2) is 8.42 Å². The lowest BCUT2D eigenvalue weighted by molar-refractivity contribution is -0.123. The molecule has 1 heterocycles. The molecule has 116 valence electrons. The van der Waals surface area contributed by atoms with Gasteiger partial charge in [-0.15, -0.1) is 6.42 Å². The number of hydrogen-bond acceptors (Lipinski definition) is 4. The smallest absolute Gasteiger partial charge is 0.264 e. The second kappa shape index (κ2) is 6.96. The van der Waals surface area contributed by atoms with Crippen molar-refractivity contribution in [1.29, 1.82) is 0 Å². The van der Waals surface area contributed by atoms with Gasteiger partial charge in [0.15, 0.2) is 0 Å². The first kappa shape index (κ1) is 17.5. The Bertz CT molecular complexity index is 674. The molecule has 1 amide bonds. The van der Waals surface area contributed by atoms with E-state index < -0.39 is 15.1 Å². The van der Waals surface area contributed by atoms with Gasteiger partial charge in [-0.2, -0.15) is 5.10 Å². The van der Waals surface area contributed by atoms with Crippen LogP contribution in [0.15, 0.2) is 4.90 Å². The topological polar surface area (TPSA) is 81.1 Å². The monoisotopic (exact) mass is 331 g/mol. The quantitative estimate of drug-likeness (QED) is 0.628. The van der Waals surface area contributed by atoms with Gasteiger partial charge in [-0.3, -0.25) is 9.48 Å². The van der Waals surface area contributed by atoms with E-state index in [2.05, 4.69) is 16.3 Å². The average Bonchev–Trinajstić information content (AvgIpc) is 2.82. The molecule has 0 fully saturated rings. The molecule has 1 rings (SSSR count). The predicted octanol–water partition coefficient (Wildman–Crippen LogP) is 1.25. The molecule has 0 saturated heterocycles. The van der Waals surface area contributed by atoms with Crippen molar-refractivity contribution in [2.75, 3.05) is 6.54 Å². The molecule has 1 aromatic rings. The van der Waals surface area contributed by atoms with Gasteiger partial charge >= 0.3 is 0 Å². The van der Waals surface area contributed by atoms with Crippen LogP contribution >= 0.6 is 10.7 Å². The predicted molar refractivity (Wildman–Crippen MR) is 80.6 cm³/mol. The van der Waals surface area contributed by atoms with Crippen molar-refractivity contribution in [2.45, 2.75) is 44.6 Å². The normalized spacial score (nSPS) is 12.7. The van der Waals surface area contributed by atoms with Crippen LogP contribution in [-0.4, -0.2) is 30.7 Å². The molecule has 8 heteroatoms. The second-order valence-electron chi connectivity index (χ2n) is 4.41. The Hall–Kier alpha value is -1.52. The highest BCUT2D eigenvalue weighted by atomic mass is 35.7. The molecule has 1 aromatic heterocycles. The van der Waals surface area contributed by atoms with Crippen LogP contribution in [0.5, 0.6) is 0 Å². The second-order valence-corrected chi connectivity index (χ2v) is 6.91. The zero-order valence-electron chi connectivity index (χ0n) is 12.2. The maximum absolute atomic E-state index is 12.0. The molecule has 0 aromatic carbocycles. The summed E-state index contributed by atoms with van der Waals surface area (Å²) in [4.78, 5) is 12.0. The summed E-state index contributed by atoms with van der Waals surface area (Å²) >= 11 is 0. The van der Waals surface area contributed by atoms with E-state index in [1.54, 1.807) is 20.8 Å². The van der Waals surface area contributed by atoms with Gasteiger partial charge in [0.2, 0.25) is 5.91 Å². The SMILES string of the molecule is C#CCNC(=O)C(C)n1nc(CC)c(S(=O)(=O)Cl)c1CC. The highest BCUT2D eigenvalue weighted by Gasteiger charge is 2.28. The fraction of sp³-hybridized carbons (Fsp3) is 0.538. The number of halogens is 1. The van der Waals surface area contributed by atoms with E-state index in [0.717, 1.165) is 0 Å². The molecule has 1 unspecified atom stereocenters. The van der Waals surface area contributed by atoms with Crippen LogP contribution in [0.2, 0.25) is 0 Å². The summed E-state index contributed by atoms with van der Waals surface area (Å²) < 4.78 is 24.9. The lowest BCUT2D eigenvalue weighted by atomic mass is 10.2. The van der Waals surface area contributed by atoms with Crippen LogP contribution in [0.1, 0.15) is 38.2 Å². The molecular formula is C13H18ClN3O3S. The average molecular weight is 332 g/mol. The number of rotatable bonds is 6. The molecule has 0 aliphatic heterocycles. The fourth-order valence-corrected chi connectivity index (χ4v) is 3.58. The molecule has 6 nitrogen and oxygen atoms in total. The minimum atomic E-state index is -3.92. The highest BCUT2D eigenvalue weighted by molar-refractivity contribution is 8.13. The van der Waals surface area contributed by atoms with E-state index in [1.807, 2.05) is 0 Å². The Kier molecular flexibility index (Phi) is 5.81. The number of carbonyl (C=O) groups is 1. The van der Waals surface area contributed by atoms with E-state index >= 15 is 0 Å². The first-order valence-electron chi connectivity index (χ1n) is 6.53. The molecule has 1 atom stereocenters. The maximum atomic E-state index is 12.0. The van der Waals surface area contributed by atoms with Gasteiger partial charge in [0, 0.05) is 10.7 Å². The number of terminal acetylenes is 1. The van der Waals surface area contributed by atoms with Crippen LogP contribution in [0.4, 0.5) is 0 Å². The molecule has 0 aliphatic rings. The van der Waals surface area contributed by atoms with Crippen molar-refractivity contribution in [2.24, 2.45) is 0 Å². The summed E-state index contributed by atoms with van der Waals surface area (Å²) in [5, 5.41) is 6.78. The molecule has 0 radical (unpaired) electrons. The van der Waals surface area contributed by atoms with E-state index in [-0.39, 0.29) is 17.3 Å². The summed E-state index contributed by atoms with van der Waals surface area (Å²) in [7, 11) is 1.58. The zero-order valence-corrected chi connectivity index (χ0v) is 13.8. The first-order chi connectivity index (χ1) is 9.77. The van der Waals surface area contributed by atoms with Crippen LogP contribution in [0.25, 0.3) is 0 Å². The minimum absolute atomic E-state index is 0.00534. The molecule has 0 saturated carbocycles. The lowest BCUT2D eigenvalue weighted by Gasteiger charge is -2.14. The third kappa shape index (κ3) is 3.77. The van der Waals surface area contributed by atoms with Crippen LogP contribution in [0, 0.1) is 12.3 Å². The van der Waals surface area contributed by atoms with Crippen molar-refractivity contribution in [3.8, 4) is 12.3 Å². The van der Waals surface area contributed by atoms with Gasteiger partial charge < -0.3 is 5.32 Å². The molecule has 21 heavy (non-hydrogen) atoms. The van der Waals surface area contributed by atoms with Gasteiger partial charge in [0.1, 0.15) is 10.9 Å². The molecular weight excluding hydrogens is 314 g/mol. The Labute approximate surface area is 129 Å². The number of carbonyl (C=O) groups excluding carboxylic acids is 1. The van der Waals surface area contributed by atoms with Crippen LogP contribution in [0.3, 0.4) is 0 Å². The molecule has 0 aliphatic carbocycles. The number of amides is 1. The van der Waals surface area contributed by atoms with E-state index in [1.165, 1.54) is 4.68 Å². The zero-order chi connectivity index (χ0) is 16.2. The van der Waals surface area contributed by atoms with Crippen molar-refractivity contribution in [1.82, 2.24) is 15.1 Å². The summed E-state index contributed by atoms with van der Waals surface area (Å²) in [5.74, 6) is 1.98. The lowest BCUT2D eigenvalue weighted by Crippen LogP contribution is -2.32. The van der Waals surface area contributed by atoms with E-state index in [9.17, 15) is 13.2 Å². The number of hydrogen-bond donors (Lipinski definition) is 1. The third-order valence-electron chi connectivity index (χ3n) is 3.05. The number of aryl methyl sites for hydroxylation is 1. The Balaban J connectivity index is 3.35. The number of aromatic nitrogens is 2. The Morgan fingerprint density at radius 2 is 2.10 bits per heavy atom. The summed E-state index contributed by atoms with van der Waals surface area (Å²) in [6.07, 6.45) is 5.89. The first-order valence-corrected chi connectivity index (χ1v) is 8.84. The highest BCUT2D eigenvalue weighted by Crippen LogP contribution is 2.27.